The number of sulfonamides is 1. The van der Waals surface area contributed by atoms with Gasteiger partial charge in [0.15, 0.2) is 0 Å². The average molecular weight is 443 g/mol. The van der Waals surface area contributed by atoms with Gasteiger partial charge in [0.2, 0.25) is 10.0 Å². The second-order valence-corrected chi connectivity index (χ2v) is 11.7. The number of esters is 1. The maximum absolute atomic E-state index is 12.5. The molecular weight excluding hydrogens is 404 g/mol. The van der Waals surface area contributed by atoms with Crippen LogP contribution in [0.2, 0.25) is 0 Å². The highest BCUT2D eigenvalue weighted by molar-refractivity contribution is 7.88. The van der Waals surface area contributed by atoms with Crippen LogP contribution in [0.15, 0.2) is 30.3 Å². The van der Waals surface area contributed by atoms with Crippen LogP contribution >= 0.6 is 0 Å². The van der Waals surface area contributed by atoms with Crippen molar-refractivity contribution in [3.63, 3.8) is 0 Å². The Morgan fingerprint density at radius 1 is 1.10 bits per heavy atom. The summed E-state index contributed by atoms with van der Waals surface area (Å²) >= 11 is 0. The molecule has 0 saturated heterocycles. The summed E-state index contributed by atoms with van der Waals surface area (Å²) in [5.41, 5.74) is 5.85. The van der Waals surface area contributed by atoms with Gasteiger partial charge >= 0.3 is 5.97 Å². The molecule has 0 aliphatic heterocycles. The lowest BCUT2D eigenvalue weighted by molar-refractivity contribution is -0.154. The minimum Gasteiger partial charge on any atom is -0.461 e. The zero-order valence-corrected chi connectivity index (χ0v) is 20.3. The van der Waals surface area contributed by atoms with Crippen molar-refractivity contribution in [1.29, 1.82) is 0 Å². The van der Waals surface area contributed by atoms with E-state index in [9.17, 15) is 13.2 Å². The zero-order valence-electron chi connectivity index (χ0n) is 19.5. The first kappa shape index (κ1) is 26.6. The molecule has 0 aliphatic rings. The molecule has 1 rings (SSSR count). The highest BCUT2D eigenvalue weighted by Crippen LogP contribution is 2.25. The number of nitrogens with two attached hydrogens (primary N) is 1. The van der Waals surface area contributed by atoms with Crippen molar-refractivity contribution in [2.45, 2.75) is 72.3 Å². The molecule has 0 fully saturated rings. The largest absolute Gasteiger partial charge is 0.461 e. The van der Waals surface area contributed by atoms with E-state index < -0.39 is 33.7 Å². The Balaban J connectivity index is 2.99. The van der Waals surface area contributed by atoms with Crippen LogP contribution in [-0.4, -0.2) is 55.8 Å². The van der Waals surface area contributed by atoms with E-state index in [1.807, 2.05) is 54.5 Å². The summed E-state index contributed by atoms with van der Waals surface area (Å²) in [7, 11) is -3.50. The Kier molecular flexibility index (Phi) is 9.05. The van der Waals surface area contributed by atoms with E-state index in [1.54, 1.807) is 24.3 Å². The van der Waals surface area contributed by atoms with Gasteiger partial charge in [0.1, 0.15) is 18.8 Å². The van der Waals surface area contributed by atoms with Crippen molar-refractivity contribution >= 4 is 16.0 Å². The number of rotatable bonds is 9. The van der Waals surface area contributed by atoms with E-state index in [1.165, 1.54) is 10.6 Å². The van der Waals surface area contributed by atoms with Crippen LogP contribution in [0.3, 0.4) is 0 Å². The summed E-state index contributed by atoms with van der Waals surface area (Å²) in [6.07, 6.45) is 0.338. The first-order valence-corrected chi connectivity index (χ1v) is 12.0. The van der Waals surface area contributed by atoms with Crippen molar-refractivity contribution in [1.82, 2.24) is 4.31 Å². The molecule has 172 valence electrons. The maximum atomic E-state index is 12.5. The Morgan fingerprint density at radius 3 is 2.07 bits per heavy atom. The molecule has 1 aromatic carbocycles. The molecule has 0 amide bonds. The molecule has 7 nitrogen and oxygen atoms in total. The summed E-state index contributed by atoms with van der Waals surface area (Å²) in [4.78, 5) is 12.5. The van der Waals surface area contributed by atoms with Gasteiger partial charge in [-0.2, -0.15) is 4.31 Å². The van der Waals surface area contributed by atoms with Crippen molar-refractivity contribution < 1.29 is 22.7 Å². The maximum Gasteiger partial charge on any atom is 0.327 e. The van der Waals surface area contributed by atoms with Crippen LogP contribution in [-0.2, 0) is 24.3 Å². The van der Waals surface area contributed by atoms with Gasteiger partial charge < -0.3 is 15.2 Å². The predicted octanol–water partition coefficient (Wildman–Crippen LogP) is 3.11. The number of carbonyl (C=O) groups is 1. The van der Waals surface area contributed by atoms with Gasteiger partial charge in [-0.15, -0.1) is 0 Å². The third-order valence-corrected chi connectivity index (χ3v) is 6.46. The van der Waals surface area contributed by atoms with Gasteiger partial charge in [-0.3, -0.25) is 0 Å². The van der Waals surface area contributed by atoms with E-state index >= 15 is 0 Å². The predicted molar refractivity (Wildman–Crippen MR) is 119 cm³/mol. The van der Waals surface area contributed by atoms with Crippen LogP contribution in [0.4, 0.5) is 0 Å². The number of ether oxygens (including phenoxy) is 2. The fourth-order valence-electron chi connectivity index (χ4n) is 2.78. The van der Waals surface area contributed by atoms with E-state index in [-0.39, 0.29) is 24.7 Å². The van der Waals surface area contributed by atoms with Crippen LogP contribution in [0.5, 0.6) is 0 Å². The van der Waals surface area contributed by atoms with E-state index in [0.717, 1.165) is 0 Å². The quantitative estimate of drug-likeness (QED) is 0.590. The fourth-order valence-corrected chi connectivity index (χ4v) is 4.21. The Bertz CT molecular complexity index is 782. The van der Waals surface area contributed by atoms with E-state index in [0.29, 0.717) is 5.56 Å². The standard InChI is InChI=1S/C22H38N2O5S/c1-16(21(2,3)4)29-18(14-24(22(5,6)7)30(8,26)27)15-28-20(25)19(23)17-12-10-9-11-13-17/h9-13,16,18-19H,14-15,23H2,1-8H3/t16-,18-,19-/m0/s1. The van der Waals surface area contributed by atoms with Gasteiger partial charge in [-0.1, -0.05) is 51.1 Å². The van der Waals surface area contributed by atoms with Crippen LogP contribution in [0.25, 0.3) is 0 Å². The first-order valence-electron chi connectivity index (χ1n) is 10.1. The first-order chi connectivity index (χ1) is 13.5. The number of hydrogen-bond acceptors (Lipinski definition) is 6. The highest BCUT2D eigenvalue weighted by Gasteiger charge is 2.34. The molecule has 0 aromatic heterocycles. The molecule has 3 atom stereocenters. The monoisotopic (exact) mass is 442 g/mol. The molecule has 0 radical (unpaired) electrons. The second-order valence-electron chi connectivity index (χ2n) is 9.75. The van der Waals surface area contributed by atoms with Crippen molar-refractivity contribution in [2.75, 3.05) is 19.4 Å². The Hall–Kier alpha value is -1.48. The summed E-state index contributed by atoms with van der Waals surface area (Å²) in [6.45, 7) is 13.4. The molecular formula is C22H38N2O5S. The third-order valence-electron chi connectivity index (χ3n) is 4.96. The van der Waals surface area contributed by atoms with E-state index in [4.69, 9.17) is 15.2 Å². The van der Waals surface area contributed by atoms with Crippen LogP contribution in [0.1, 0.15) is 60.1 Å². The number of hydrogen-bond donors (Lipinski definition) is 1. The topological polar surface area (TPSA) is 98.9 Å². The van der Waals surface area contributed by atoms with Gasteiger partial charge in [0, 0.05) is 12.1 Å². The lowest BCUT2D eigenvalue weighted by Crippen LogP contribution is -2.51. The molecule has 0 unspecified atom stereocenters. The Morgan fingerprint density at radius 2 is 1.63 bits per heavy atom. The molecule has 0 heterocycles. The fraction of sp³-hybridized carbons (Fsp3) is 0.682. The van der Waals surface area contributed by atoms with Crippen LogP contribution < -0.4 is 5.73 Å². The van der Waals surface area contributed by atoms with Crippen molar-refractivity contribution in [3.8, 4) is 0 Å². The minimum atomic E-state index is -3.50. The molecule has 2 N–H and O–H groups in total. The third kappa shape index (κ3) is 8.34. The molecule has 0 aliphatic carbocycles. The number of carbonyl (C=O) groups excluding carboxylic acids is 1. The normalized spacial score (nSPS) is 16.2. The van der Waals surface area contributed by atoms with Gasteiger partial charge in [-0.05, 0) is 38.7 Å². The van der Waals surface area contributed by atoms with Gasteiger partial charge in [0.25, 0.3) is 0 Å². The number of nitrogens with zero attached hydrogens (tertiary/aromatic N) is 1. The molecule has 0 spiro atoms. The van der Waals surface area contributed by atoms with Crippen molar-refractivity contribution in [3.05, 3.63) is 35.9 Å². The number of benzene rings is 1. The Labute approximate surface area is 182 Å². The smallest absolute Gasteiger partial charge is 0.327 e. The summed E-state index contributed by atoms with van der Waals surface area (Å²) < 4.78 is 37.7. The molecule has 1 aromatic rings. The average Bonchev–Trinajstić information content (AvgIpc) is 2.60. The summed E-state index contributed by atoms with van der Waals surface area (Å²) in [5, 5.41) is 0. The molecule has 0 bridgehead atoms. The summed E-state index contributed by atoms with van der Waals surface area (Å²) in [6, 6.07) is 8.03. The van der Waals surface area contributed by atoms with Gasteiger partial charge in [0.05, 0.1) is 12.4 Å². The molecule has 30 heavy (non-hydrogen) atoms. The lowest BCUT2D eigenvalue weighted by atomic mass is 9.90. The van der Waals surface area contributed by atoms with E-state index in [2.05, 4.69) is 0 Å². The summed E-state index contributed by atoms with van der Waals surface area (Å²) in [5.74, 6) is -0.583. The SMILES string of the molecule is C[C@H](O[C@H](COC(=O)[C@@H](N)c1ccccc1)CN(C(C)(C)C)S(C)(=O)=O)C(C)(C)C. The minimum absolute atomic E-state index is 0.0661. The van der Waals surface area contributed by atoms with Gasteiger partial charge in [-0.25, -0.2) is 13.2 Å². The highest BCUT2D eigenvalue weighted by atomic mass is 32.2. The zero-order chi connectivity index (χ0) is 23.3. The van der Waals surface area contributed by atoms with Crippen molar-refractivity contribution in [2.24, 2.45) is 11.1 Å². The molecule has 8 heteroatoms. The second kappa shape index (κ2) is 10.2. The lowest BCUT2D eigenvalue weighted by Gasteiger charge is -2.38. The van der Waals surface area contributed by atoms with Crippen LogP contribution in [0, 0.1) is 5.41 Å². The molecule has 0 saturated carbocycles.